The standard InChI is InChI=1S/C25H25N3O2S/c1-27(2)25(30)19-13-11-18(12-14-19)17-26-24(29)15-16-28-20-7-3-5-9-22(20)31-23-10-6-4-8-21(23)28/h3-14H,15-17H2,1-2H3,(H,26,29). The number of hydrogen-bond donors (Lipinski definition) is 1. The summed E-state index contributed by atoms with van der Waals surface area (Å²) in [5.74, 6) is -0.0301. The molecule has 0 fully saturated rings. The van der Waals surface area contributed by atoms with Gasteiger partial charge >= 0.3 is 0 Å². The van der Waals surface area contributed by atoms with E-state index in [4.69, 9.17) is 0 Å². The van der Waals surface area contributed by atoms with Gasteiger partial charge in [-0.15, -0.1) is 0 Å². The molecular weight excluding hydrogens is 406 g/mol. The molecule has 3 aromatic carbocycles. The molecule has 5 nitrogen and oxygen atoms in total. The summed E-state index contributed by atoms with van der Waals surface area (Å²) in [5, 5.41) is 2.99. The van der Waals surface area contributed by atoms with Crippen LogP contribution in [0.25, 0.3) is 0 Å². The highest BCUT2D eigenvalue weighted by atomic mass is 32.2. The first kappa shape index (κ1) is 21.0. The Morgan fingerprint density at radius 3 is 2.03 bits per heavy atom. The van der Waals surface area contributed by atoms with Crippen molar-refractivity contribution in [1.29, 1.82) is 0 Å². The zero-order valence-corrected chi connectivity index (χ0v) is 18.5. The van der Waals surface area contributed by atoms with Crippen LogP contribution in [0.15, 0.2) is 82.6 Å². The molecule has 31 heavy (non-hydrogen) atoms. The van der Waals surface area contributed by atoms with Crippen molar-refractivity contribution >= 4 is 35.0 Å². The molecule has 0 radical (unpaired) electrons. The number of carbonyl (C=O) groups is 2. The van der Waals surface area contributed by atoms with Crippen molar-refractivity contribution in [3.63, 3.8) is 0 Å². The third kappa shape index (κ3) is 4.75. The highest BCUT2D eigenvalue weighted by Crippen LogP contribution is 2.47. The lowest BCUT2D eigenvalue weighted by Crippen LogP contribution is -2.29. The molecule has 0 aromatic heterocycles. The van der Waals surface area contributed by atoms with E-state index in [1.54, 1.807) is 42.9 Å². The van der Waals surface area contributed by atoms with Crippen LogP contribution in [-0.4, -0.2) is 37.4 Å². The molecule has 1 N–H and O–H groups in total. The Labute approximate surface area is 187 Å². The Kier molecular flexibility index (Phi) is 6.28. The Morgan fingerprint density at radius 1 is 0.871 bits per heavy atom. The van der Waals surface area contributed by atoms with Crippen molar-refractivity contribution in [2.24, 2.45) is 0 Å². The number of rotatable bonds is 6. The van der Waals surface area contributed by atoms with E-state index < -0.39 is 0 Å². The molecular formula is C25H25N3O2S. The number of anilines is 2. The lowest BCUT2D eigenvalue weighted by Gasteiger charge is -2.32. The van der Waals surface area contributed by atoms with Crippen molar-refractivity contribution in [1.82, 2.24) is 10.2 Å². The van der Waals surface area contributed by atoms with Gasteiger partial charge < -0.3 is 15.1 Å². The number of benzene rings is 3. The monoisotopic (exact) mass is 431 g/mol. The zero-order valence-electron chi connectivity index (χ0n) is 17.7. The minimum absolute atomic E-state index is 0.00151. The topological polar surface area (TPSA) is 52.7 Å². The van der Waals surface area contributed by atoms with Crippen LogP contribution in [0.3, 0.4) is 0 Å². The summed E-state index contributed by atoms with van der Waals surface area (Å²) in [6.07, 6.45) is 0.393. The summed E-state index contributed by atoms with van der Waals surface area (Å²) in [5.41, 5.74) is 3.88. The van der Waals surface area contributed by atoms with Gasteiger partial charge in [0.1, 0.15) is 0 Å². The van der Waals surface area contributed by atoms with E-state index in [0.717, 1.165) is 16.9 Å². The molecule has 0 spiro atoms. The molecule has 0 aliphatic carbocycles. The van der Waals surface area contributed by atoms with E-state index in [1.807, 2.05) is 36.4 Å². The summed E-state index contributed by atoms with van der Waals surface area (Å²) in [6.45, 7) is 1.05. The Morgan fingerprint density at radius 2 is 1.45 bits per heavy atom. The van der Waals surface area contributed by atoms with Crippen LogP contribution in [0.1, 0.15) is 22.3 Å². The van der Waals surface area contributed by atoms with E-state index in [0.29, 0.717) is 25.1 Å². The first-order chi connectivity index (χ1) is 15.0. The second-order valence-corrected chi connectivity index (χ2v) is 8.70. The number of nitrogens with zero attached hydrogens (tertiary/aromatic N) is 2. The summed E-state index contributed by atoms with van der Waals surface area (Å²) in [4.78, 5) is 30.7. The van der Waals surface area contributed by atoms with Gasteiger partial charge in [0.2, 0.25) is 5.91 Å². The van der Waals surface area contributed by atoms with Crippen molar-refractivity contribution in [3.05, 3.63) is 83.9 Å². The van der Waals surface area contributed by atoms with Crippen LogP contribution in [0.5, 0.6) is 0 Å². The number of carbonyl (C=O) groups excluding carboxylic acids is 2. The largest absolute Gasteiger partial charge is 0.352 e. The van der Waals surface area contributed by atoms with E-state index in [-0.39, 0.29) is 11.8 Å². The molecule has 0 saturated heterocycles. The molecule has 158 valence electrons. The number of amides is 2. The molecule has 1 aliphatic heterocycles. The summed E-state index contributed by atoms with van der Waals surface area (Å²) >= 11 is 1.76. The van der Waals surface area contributed by atoms with Crippen LogP contribution in [0.2, 0.25) is 0 Å². The smallest absolute Gasteiger partial charge is 0.253 e. The van der Waals surface area contributed by atoms with Gasteiger partial charge in [-0.2, -0.15) is 0 Å². The first-order valence-corrected chi connectivity index (χ1v) is 11.1. The molecule has 0 bridgehead atoms. The minimum Gasteiger partial charge on any atom is -0.352 e. The van der Waals surface area contributed by atoms with Crippen LogP contribution >= 0.6 is 11.8 Å². The van der Waals surface area contributed by atoms with E-state index >= 15 is 0 Å². The molecule has 0 saturated carbocycles. The molecule has 2 amide bonds. The van der Waals surface area contributed by atoms with Gasteiger partial charge in [-0.1, -0.05) is 48.2 Å². The summed E-state index contributed by atoms with van der Waals surface area (Å²) < 4.78 is 0. The number of fused-ring (bicyclic) bond motifs is 2. The quantitative estimate of drug-likeness (QED) is 0.615. The molecule has 3 aromatic rings. The molecule has 0 unspecified atom stereocenters. The Balaban J connectivity index is 1.37. The van der Waals surface area contributed by atoms with Crippen LogP contribution in [0, 0.1) is 0 Å². The van der Waals surface area contributed by atoms with Gasteiger partial charge in [0, 0.05) is 49.0 Å². The lowest BCUT2D eigenvalue weighted by molar-refractivity contribution is -0.121. The van der Waals surface area contributed by atoms with Crippen LogP contribution in [-0.2, 0) is 11.3 Å². The van der Waals surface area contributed by atoms with E-state index in [1.165, 1.54) is 9.79 Å². The number of para-hydroxylation sites is 2. The maximum atomic E-state index is 12.5. The summed E-state index contributed by atoms with van der Waals surface area (Å²) in [7, 11) is 3.46. The van der Waals surface area contributed by atoms with Crippen molar-refractivity contribution in [3.8, 4) is 0 Å². The van der Waals surface area contributed by atoms with Crippen LogP contribution in [0.4, 0.5) is 11.4 Å². The van der Waals surface area contributed by atoms with Crippen molar-refractivity contribution in [2.75, 3.05) is 25.5 Å². The van der Waals surface area contributed by atoms with Gasteiger partial charge in [-0.3, -0.25) is 9.59 Å². The van der Waals surface area contributed by atoms with Gasteiger partial charge in [-0.05, 0) is 42.0 Å². The fraction of sp³-hybridized carbons (Fsp3) is 0.200. The van der Waals surface area contributed by atoms with Crippen molar-refractivity contribution < 1.29 is 9.59 Å². The molecule has 6 heteroatoms. The third-order valence-electron chi connectivity index (χ3n) is 5.19. The average molecular weight is 432 g/mol. The summed E-state index contributed by atoms with van der Waals surface area (Å²) in [6, 6.07) is 23.9. The first-order valence-electron chi connectivity index (χ1n) is 10.2. The fourth-order valence-corrected chi connectivity index (χ4v) is 4.64. The Bertz CT molecular complexity index is 1050. The van der Waals surface area contributed by atoms with Gasteiger partial charge in [-0.25, -0.2) is 0 Å². The van der Waals surface area contributed by atoms with E-state index in [9.17, 15) is 9.59 Å². The molecule has 0 atom stereocenters. The Hall–Kier alpha value is -3.25. The maximum absolute atomic E-state index is 12.5. The molecule has 1 heterocycles. The van der Waals surface area contributed by atoms with Crippen molar-refractivity contribution in [2.45, 2.75) is 22.8 Å². The third-order valence-corrected chi connectivity index (χ3v) is 6.32. The molecule has 1 aliphatic rings. The zero-order chi connectivity index (χ0) is 21.8. The van der Waals surface area contributed by atoms with Gasteiger partial charge in [0.25, 0.3) is 5.91 Å². The van der Waals surface area contributed by atoms with E-state index in [2.05, 4.69) is 34.5 Å². The lowest BCUT2D eigenvalue weighted by atomic mass is 10.1. The predicted molar refractivity (Wildman–Crippen MR) is 125 cm³/mol. The fourth-order valence-electron chi connectivity index (χ4n) is 3.55. The molecule has 4 rings (SSSR count). The highest BCUT2D eigenvalue weighted by Gasteiger charge is 2.23. The number of nitrogens with one attached hydrogen (secondary N) is 1. The second kappa shape index (κ2) is 9.27. The van der Waals surface area contributed by atoms with Gasteiger partial charge in [0.15, 0.2) is 0 Å². The number of hydrogen-bond acceptors (Lipinski definition) is 4. The average Bonchev–Trinajstić information content (AvgIpc) is 2.80. The van der Waals surface area contributed by atoms with Gasteiger partial charge in [0.05, 0.1) is 11.4 Å². The predicted octanol–water partition coefficient (Wildman–Crippen LogP) is 4.70. The second-order valence-electron chi connectivity index (χ2n) is 7.61. The normalized spacial score (nSPS) is 12.0. The maximum Gasteiger partial charge on any atom is 0.253 e. The highest BCUT2D eigenvalue weighted by molar-refractivity contribution is 7.99. The minimum atomic E-state index is -0.0316. The van der Waals surface area contributed by atoms with Crippen LogP contribution < -0.4 is 10.2 Å². The SMILES string of the molecule is CN(C)C(=O)c1ccc(CNC(=O)CCN2c3ccccc3Sc3ccccc32)cc1.